The number of fused-ring (bicyclic) bond motifs is 1. The Hall–Kier alpha value is -2.84. The van der Waals surface area contributed by atoms with Gasteiger partial charge in [-0.05, 0) is 67.5 Å². The highest BCUT2D eigenvalue weighted by Crippen LogP contribution is 2.46. The van der Waals surface area contributed by atoms with Crippen LogP contribution in [0.3, 0.4) is 0 Å². The lowest BCUT2D eigenvalue weighted by Crippen LogP contribution is -2.45. The second-order valence-corrected chi connectivity index (χ2v) is 9.61. The third kappa shape index (κ3) is 4.25. The van der Waals surface area contributed by atoms with Crippen molar-refractivity contribution in [1.82, 2.24) is 4.90 Å². The molecule has 3 aromatic carbocycles. The van der Waals surface area contributed by atoms with Crippen LogP contribution < -0.4 is 4.74 Å². The molecular weight excluding hydrogens is 390 g/mol. The summed E-state index contributed by atoms with van der Waals surface area (Å²) in [5.41, 5.74) is 8.91. The third-order valence-electron chi connectivity index (χ3n) is 6.89. The molecule has 0 aromatic heterocycles. The number of rotatable bonds is 6. The van der Waals surface area contributed by atoms with Crippen LogP contribution >= 0.6 is 0 Å². The molecule has 1 atom stereocenters. The number of hydrogen-bond donors (Lipinski definition) is 0. The Bertz CT molecular complexity index is 1120. The molecule has 0 N–H and O–H groups in total. The molecule has 0 aliphatic carbocycles. The van der Waals surface area contributed by atoms with Crippen molar-refractivity contribution in [2.45, 2.75) is 39.7 Å². The fraction of sp³-hybridized carbons (Fsp3) is 0.333. The Labute approximate surface area is 192 Å². The van der Waals surface area contributed by atoms with E-state index in [0.717, 1.165) is 18.1 Å². The van der Waals surface area contributed by atoms with Gasteiger partial charge in [0.2, 0.25) is 0 Å². The van der Waals surface area contributed by atoms with E-state index in [1.807, 2.05) is 0 Å². The van der Waals surface area contributed by atoms with Gasteiger partial charge in [0.05, 0.1) is 0 Å². The first kappa shape index (κ1) is 21.0. The van der Waals surface area contributed by atoms with Gasteiger partial charge < -0.3 is 9.64 Å². The first-order valence-corrected chi connectivity index (χ1v) is 11.9. The van der Waals surface area contributed by atoms with E-state index in [2.05, 4.69) is 98.5 Å². The van der Waals surface area contributed by atoms with E-state index in [1.54, 1.807) is 0 Å². The molecule has 2 nitrogen and oxygen atoms in total. The zero-order chi connectivity index (χ0) is 22.1. The van der Waals surface area contributed by atoms with E-state index in [-0.39, 0.29) is 6.10 Å². The minimum atomic E-state index is -0.0941. The number of nitrogens with zero attached hydrogens (tertiary/aromatic N) is 1. The zero-order valence-electron chi connectivity index (χ0n) is 19.5. The number of benzene rings is 3. The van der Waals surface area contributed by atoms with Crippen molar-refractivity contribution in [2.24, 2.45) is 5.92 Å². The summed E-state index contributed by atoms with van der Waals surface area (Å²) in [5.74, 6) is 1.85. The van der Waals surface area contributed by atoms with E-state index in [1.165, 1.54) is 65.0 Å². The molecule has 2 heteroatoms. The average molecular weight is 424 g/mol. The molecule has 0 saturated carbocycles. The Balaban J connectivity index is 1.40. The standard InChI is InChI=1S/C30H33NO/c1-21-8-6-10-26(18-21)29-23(3)27-11-4-5-12-28(27)32-30(29)25-15-13-24(14-16-25)9-7-17-31-19-22(2)20-31/h4-6,8,10-16,18,22,30H,7,9,17,19-20H2,1-3H3/t30-/m0/s1. The van der Waals surface area contributed by atoms with Crippen molar-refractivity contribution >= 4 is 11.1 Å². The summed E-state index contributed by atoms with van der Waals surface area (Å²) in [6, 6.07) is 26.3. The van der Waals surface area contributed by atoms with Crippen molar-refractivity contribution in [3.05, 3.63) is 101 Å². The molecule has 32 heavy (non-hydrogen) atoms. The third-order valence-corrected chi connectivity index (χ3v) is 6.89. The maximum Gasteiger partial charge on any atom is 0.150 e. The molecule has 0 spiro atoms. The van der Waals surface area contributed by atoms with Crippen LogP contribution in [0.5, 0.6) is 5.75 Å². The summed E-state index contributed by atoms with van der Waals surface area (Å²) in [4.78, 5) is 2.56. The number of aryl methyl sites for hydroxylation is 2. The molecule has 164 valence electrons. The Morgan fingerprint density at radius 3 is 2.44 bits per heavy atom. The fourth-order valence-electron chi connectivity index (χ4n) is 5.20. The average Bonchev–Trinajstić information content (AvgIpc) is 2.78. The maximum absolute atomic E-state index is 6.62. The lowest BCUT2D eigenvalue weighted by Gasteiger charge is -2.37. The van der Waals surface area contributed by atoms with Gasteiger partial charge in [-0.3, -0.25) is 0 Å². The molecule has 2 aliphatic heterocycles. The summed E-state index contributed by atoms with van der Waals surface area (Å²) >= 11 is 0. The largest absolute Gasteiger partial charge is 0.480 e. The van der Waals surface area contributed by atoms with E-state index in [4.69, 9.17) is 4.74 Å². The summed E-state index contributed by atoms with van der Waals surface area (Å²) < 4.78 is 6.62. The maximum atomic E-state index is 6.62. The molecule has 2 heterocycles. The monoisotopic (exact) mass is 423 g/mol. The molecule has 0 amide bonds. The number of para-hydroxylation sites is 1. The van der Waals surface area contributed by atoms with Crippen molar-refractivity contribution < 1.29 is 4.74 Å². The van der Waals surface area contributed by atoms with Crippen LogP contribution in [0.15, 0.2) is 72.8 Å². The highest BCUT2D eigenvalue weighted by atomic mass is 16.5. The van der Waals surface area contributed by atoms with Gasteiger partial charge in [-0.15, -0.1) is 0 Å². The topological polar surface area (TPSA) is 12.5 Å². The van der Waals surface area contributed by atoms with E-state index >= 15 is 0 Å². The molecule has 0 unspecified atom stereocenters. The molecule has 0 radical (unpaired) electrons. The van der Waals surface area contributed by atoms with Gasteiger partial charge in [0.15, 0.2) is 0 Å². The number of allylic oxidation sites excluding steroid dienone is 1. The van der Waals surface area contributed by atoms with E-state index < -0.39 is 0 Å². The van der Waals surface area contributed by atoms with Crippen LogP contribution in [-0.4, -0.2) is 24.5 Å². The minimum Gasteiger partial charge on any atom is -0.480 e. The molecule has 0 bridgehead atoms. The van der Waals surface area contributed by atoms with Crippen molar-refractivity contribution in [1.29, 1.82) is 0 Å². The van der Waals surface area contributed by atoms with Crippen LogP contribution in [0.2, 0.25) is 0 Å². The predicted molar refractivity (Wildman–Crippen MR) is 134 cm³/mol. The summed E-state index contributed by atoms with van der Waals surface area (Å²) in [5, 5.41) is 0. The lowest BCUT2D eigenvalue weighted by atomic mass is 9.85. The number of ether oxygens (including phenoxy) is 1. The summed E-state index contributed by atoms with van der Waals surface area (Å²) in [6.45, 7) is 10.5. The zero-order valence-corrected chi connectivity index (χ0v) is 19.5. The van der Waals surface area contributed by atoms with Crippen LogP contribution in [-0.2, 0) is 6.42 Å². The van der Waals surface area contributed by atoms with Gasteiger partial charge in [0, 0.05) is 24.2 Å². The first-order valence-electron chi connectivity index (χ1n) is 11.9. The minimum absolute atomic E-state index is 0.0941. The van der Waals surface area contributed by atoms with Gasteiger partial charge in [-0.2, -0.15) is 0 Å². The second-order valence-electron chi connectivity index (χ2n) is 9.61. The molecule has 2 aliphatic rings. The smallest absolute Gasteiger partial charge is 0.150 e. The van der Waals surface area contributed by atoms with E-state index in [0.29, 0.717) is 0 Å². The van der Waals surface area contributed by atoms with Crippen molar-refractivity contribution in [3.8, 4) is 5.75 Å². The molecule has 5 rings (SSSR count). The molecule has 1 fully saturated rings. The summed E-state index contributed by atoms with van der Waals surface area (Å²) in [7, 11) is 0. The van der Waals surface area contributed by atoms with Crippen molar-refractivity contribution in [2.75, 3.05) is 19.6 Å². The van der Waals surface area contributed by atoms with Gasteiger partial charge >= 0.3 is 0 Å². The lowest BCUT2D eigenvalue weighted by molar-refractivity contribution is 0.112. The van der Waals surface area contributed by atoms with Gasteiger partial charge in [-0.25, -0.2) is 0 Å². The fourth-order valence-corrected chi connectivity index (χ4v) is 5.20. The Kier molecular flexibility index (Phi) is 5.89. The number of hydrogen-bond acceptors (Lipinski definition) is 2. The van der Waals surface area contributed by atoms with Gasteiger partial charge in [0.1, 0.15) is 11.9 Å². The van der Waals surface area contributed by atoms with Crippen LogP contribution in [0.25, 0.3) is 11.1 Å². The van der Waals surface area contributed by atoms with Gasteiger partial charge in [-0.1, -0.05) is 79.2 Å². The Morgan fingerprint density at radius 2 is 1.69 bits per heavy atom. The second kappa shape index (κ2) is 8.96. The predicted octanol–water partition coefficient (Wildman–Crippen LogP) is 6.94. The first-order chi connectivity index (χ1) is 15.6. The molecular formula is C30H33NO. The highest BCUT2D eigenvalue weighted by Gasteiger charge is 2.29. The number of likely N-dealkylation sites (tertiary alicyclic amines) is 1. The SMILES string of the molecule is CC1=C(c2cccc(C)c2)[C@H](c2ccc(CCCN3CC(C)C3)cc2)Oc2ccccc21. The van der Waals surface area contributed by atoms with Crippen LogP contribution in [0, 0.1) is 12.8 Å². The summed E-state index contributed by atoms with van der Waals surface area (Å²) in [6.07, 6.45) is 2.27. The van der Waals surface area contributed by atoms with Crippen LogP contribution in [0.1, 0.15) is 54.2 Å². The Morgan fingerprint density at radius 1 is 0.906 bits per heavy atom. The van der Waals surface area contributed by atoms with Crippen LogP contribution in [0.4, 0.5) is 0 Å². The van der Waals surface area contributed by atoms with E-state index in [9.17, 15) is 0 Å². The highest BCUT2D eigenvalue weighted by molar-refractivity contribution is 5.95. The normalized spacial score (nSPS) is 18.8. The van der Waals surface area contributed by atoms with Gasteiger partial charge in [0.25, 0.3) is 0 Å². The quantitative estimate of drug-likeness (QED) is 0.426. The van der Waals surface area contributed by atoms with Crippen molar-refractivity contribution in [3.63, 3.8) is 0 Å². The molecule has 3 aromatic rings. The molecule has 1 saturated heterocycles.